The summed E-state index contributed by atoms with van der Waals surface area (Å²) in [5, 5.41) is 5.46. The molecule has 0 unspecified atom stereocenters. The van der Waals surface area contributed by atoms with Crippen molar-refractivity contribution in [3.63, 3.8) is 0 Å². The second-order valence-electron chi connectivity index (χ2n) is 2.59. The Balaban J connectivity index is 2.43. The van der Waals surface area contributed by atoms with Gasteiger partial charge in [0.15, 0.2) is 0 Å². The van der Waals surface area contributed by atoms with Gasteiger partial charge in [-0.05, 0) is 12.8 Å². The van der Waals surface area contributed by atoms with E-state index in [0.717, 1.165) is 18.6 Å². The Morgan fingerprint density at radius 1 is 1.82 bits per heavy atom. The Morgan fingerprint density at radius 2 is 2.55 bits per heavy atom. The van der Waals surface area contributed by atoms with E-state index in [0.29, 0.717) is 6.42 Å². The Hall–Kier alpha value is -1.12. The molecule has 0 aromatic rings. The van der Waals surface area contributed by atoms with E-state index < -0.39 is 0 Å². The van der Waals surface area contributed by atoms with Crippen molar-refractivity contribution in [2.24, 2.45) is 5.10 Å². The maximum Gasteiger partial charge on any atom is 0.248 e. The highest BCUT2D eigenvalue weighted by molar-refractivity contribution is 6.04. The highest BCUT2D eigenvalue weighted by Crippen LogP contribution is 2.09. The largest absolute Gasteiger partial charge is 0.273 e. The quantitative estimate of drug-likeness (QED) is 0.559. The van der Waals surface area contributed by atoms with Crippen molar-refractivity contribution in [3.8, 4) is 0 Å². The number of amides is 1. The molecule has 1 heterocycles. The van der Waals surface area contributed by atoms with Gasteiger partial charge in [0.25, 0.3) is 0 Å². The van der Waals surface area contributed by atoms with Crippen LogP contribution in [0.3, 0.4) is 0 Å². The summed E-state index contributed by atoms with van der Waals surface area (Å²) in [7, 11) is 1.68. The molecule has 0 N–H and O–H groups in total. The van der Waals surface area contributed by atoms with Crippen molar-refractivity contribution < 1.29 is 4.79 Å². The molecular formula is C8H12N2O. The van der Waals surface area contributed by atoms with E-state index in [1.165, 1.54) is 5.01 Å². The van der Waals surface area contributed by atoms with Gasteiger partial charge < -0.3 is 0 Å². The van der Waals surface area contributed by atoms with Gasteiger partial charge in [-0.2, -0.15) is 5.10 Å². The lowest BCUT2D eigenvalue weighted by molar-refractivity contribution is -0.127. The van der Waals surface area contributed by atoms with Crippen LogP contribution in [0.1, 0.15) is 19.3 Å². The average Bonchev–Trinajstić information content (AvgIpc) is 2.28. The van der Waals surface area contributed by atoms with Gasteiger partial charge in [-0.1, -0.05) is 6.08 Å². The smallest absolute Gasteiger partial charge is 0.248 e. The summed E-state index contributed by atoms with van der Waals surface area (Å²) >= 11 is 0. The van der Waals surface area contributed by atoms with Gasteiger partial charge in [-0.25, -0.2) is 5.01 Å². The van der Waals surface area contributed by atoms with Crippen LogP contribution in [0.2, 0.25) is 0 Å². The number of hydrazone groups is 1. The second kappa shape index (κ2) is 3.32. The molecule has 60 valence electrons. The minimum absolute atomic E-state index is 0.0871. The Kier molecular flexibility index (Phi) is 2.41. The zero-order valence-electron chi connectivity index (χ0n) is 6.71. The third kappa shape index (κ3) is 1.90. The van der Waals surface area contributed by atoms with Gasteiger partial charge >= 0.3 is 0 Å². The zero-order chi connectivity index (χ0) is 8.27. The summed E-state index contributed by atoms with van der Waals surface area (Å²) in [6, 6.07) is 0. The second-order valence-corrected chi connectivity index (χ2v) is 2.59. The van der Waals surface area contributed by atoms with Crippen molar-refractivity contribution in [2.45, 2.75) is 19.3 Å². The molecule has 0 fully saturated rings. The molecule has 0 aromatic heterocycles. The molecule has 1 aliphatic heterocycles. The molecule has 1 aliphatic rings. The molecule has 11 heavy (non-hydrogen) atoms. The summed E-state index contributed by atoms with van der Waals surface area (Å²) in [4.78, 5) is 10.9. The minimum Gasteiger partial charge on any atom is -0.273 e. The van der Waals surface area contributed by atoms with Crippen LogP contribution in [-0.2, 0) is 4.79 Å². The molecule has 0 aromatic carbocycles. The predicted molar refractivity (Wildman–Crippen MR) is 44.3 cm³/mol. The molecular weight excluding hydrogens is 140 g/mol. The van der Waals surface area contributed by atoms with Crippen LogP contribution in [0.5, 0.6) is 0 Å². The molecule has 0 aliphatic carbocycles. The number of carbonyl (C=O) groups is 1. The van der Waals surface area contributed by atoms with E-state index in [9.17, 15) is 4.79 Å². The Labute approximate surface area is 66.4 Å². The lowest BCUT2D eigenvalue weighted by Gasteiger charge is -1.98. The maximum absolute atomic E-state index is 10.9. The van der Waals surface area contributed by atoms with E-state index in [2.05, 4.69) is 11.7 Å². The van der Waals surface area contributed by atoms with Crippen LogP contribution < -0.4 is 0 Å². The topological polar surface area (TPSA) is 32.7 Å². The molecule has 0 spiro atoms. The number of hydrogen-bond acceptors (Lipinski definition) is 2. The number of allylic oxidation sites excluding steroid dienone is 1. The van der Waals surface area contributed by atoms with Gasteiger partial charge in [0.05, 0.1) is 6.42 Å². The molecule has 3 heteroatoms. The first-order chi connectivity index (χ1) is 5.24. The first-order valence-electron chi connectivity index (χ1n) is 3.68. The van der Waals surface area contributed by atoms with Crippen LogP contribution >= 0.6 is 0 Å². The minimum atomic E-state index is 0.0871. The van der Waals surface area contributed by atoms with Gasteiger partial charge in [-0.3, -0.25) is 4.79 Å². The molecule has 3 nitrogen and oxygen atoms in total. The number of rotatable bonds is 3. The first kappa shape index (κ1) is 7.98. The van der Waals surface area contributed by atoms with Crippen LogP contribution in [0.4, 0.5) is 0 Å². The predicted octanol–water partition coefficient (Wildman–Crippen LogP) is 1.17. The standard InChI is InChI=1S/C8H12N2O/c1-3-4-5-7-6-8(11)10(2)9-7/h3H,1,4-6H2,2H3. The summed E-state index contributed by atoms with van der Waals surface area (Å²) in [6.07, 6.45) is 4.09. The Morgan fingerprint density at radius 3 is 3.00 bits per heavy atom. The van der Waals surface area contributed by atoms with Crippen LogP contribution in [0, 0.1) is 0 Å². The van der Waals surface area contributed by atoms with Gasteiger partial charge in [0.1, 0.15) is 0 Å². The fraction of sp³-hybridized carbons (Fsp3) is 0.500. The van der Waals surface area contributed by atoms with E-state index in [1.54, 1.807) is 7.05 Å². The van der Waals surface area contributed by atoms with Crippen LogP contribution in [0.15, 0.2) is 17.8 Å². The van der Waals surface area contributed by atoms with Crippen molar-refractivity contribution in [1.29, 1.82) is 0 Å². The van der Waals surface area contributed by atoms with E-state index in [1.807, 2.05) is 6.08 Å². The normalized spacial score (nSPS) is 17.0. The van der Waals surface area contributed by atoms with Crippen LogP contribution in [-0.4, -0.2) is 23.7 Å². The van der Waals surface area contributed by atoms with E-state index >= 15 is 0 Å². The van der Waals surface area contributed by atoms with E-state index in [-0.39, 0.29) is 5.91 Å². The molecule has 0 saturated carbocycles. The summed E-state index contributed by atoms with van der Waals surface area (Å²) in [6.45, 7) is 3.61. The summed E-state index contributed by atoms with van der Waals surface area (Å²) in [5.41, 5.74) is 0.970. The summed E-state index contributed by atoms with van der Waals surface area (Å²) < 4.78 is 0. The fourth-order valence-electron chi connectivity index (χ4n) is 0.999. The monoisotopic (exact) mass is 152 g/mol. The summed E-state index contributed by atoms with van der Waals surface area (Å²) in [5.74, 6) is 0.0871. The molecule has 0 bridgehead atoms. The first-order valence-corrected chi connectivity index (χ1v) is 3.68. The van der Waals surface area contributed by atoms with Gasteiger partial charge in [-0.15, -0.1) is 6.58 Å². The highest BCUT2D eigenvalue weighted by atomic mass is 16.2. The fourth-order valence-corrected chi connectivity index (χ4v) is 0.999. The third-order valence-electron chi connectivity index (χ3n) is 1.64. The molecule has 1 rings (SSSR count). The Bertz CT molecular complexity index is 208. The van der Waals surface area contributed by atoms with Crippen molar-refractivity contribution >= 4 is 11.6 Å². The number of nitrogens with zero attached hydrogens (tertiary/aromatic N) is 2. The average molecular weight is 152 g/mol. The SMILES string of the molecule is C=CCCC1=NN(C)C(=O)C1. The molecule has 1 amide bonds. The highest BCUT2D eigenvalue weighted by Gasteiger charge is 2.18. The zero-order valence-corrected chi connectivity index (χ0v) is 6.71. The van der Waals surface area contributed by atoms with Gasteiger partial charge in [0, 0.05) is 12.8 Å². The lowest BCUT2D eigenvalue weighted by atomic mass is 10.1. The lowest BCUT2D eigenvalue weighted by Crippen LogP contribution is -2.13. The van der Waals surface area contributed by atoms with E-state index in [4.69, 9.17) is 0 Å². The molecule has 0 saturated heterocycles. The third-order valence-corrected chi connectivity index (χ3v) is 1.64. The van der Waals surface area contributed by atoms with Crippen molar-refractivity contribution in [3.05, 3.63) is 12.7 Å². The maximum atomic E-state index is 10.9. The molecule has 0 radical (unpaired) electrons. The number of carbonyl (C=O) groups excluding carboxylic acids is 1. The van der Waals surface area contributed by atoms with Crippen LogP contribution in [0.25, 0.3) is 0 Å². The van der Waals surface area contributed by atoms with Crippen molar-refractivity contribution in [2.75, 3.05) is 7.05 Å². The molecule has 0 atom stereocenters. The van der Waals surface area contributed by atoms with Crippen molar-refractivity contribution in [1.82, 2.24) is 5.01 Å². The van der Waals surface area contributed by atoms with Gasteiger partial charge in [0.2, 0.25) is 5.91 Å². The number of hydrogen-bond donors (Lipinski definition) is 0.